The molecule has 1 heterocycles. The van der Waals surface area contributed by atoms with E-state index in [1.807, 2.05) is 24.3 Å². The molecule has 0 spiro atoms. The fraction of sp³-hybridized carbons (Fsp3) is 0.421. The van der Waals surface area contributed by atoms with Gasteiger partial charge >= 0.3 is 5.69 Å². The molecule has 2 aromatic rings. The Bertz CT molecular complexity index is 776. The molecule has 2 rings (SSSR count). The molecule has 0 aliphatic rings. The van der Waals surface area contributed by atoms with E-state index >= 15 is 0 Å². The summed E-state index contributed by atoms with van der Waals surface area (Å²) >= 11 is 0. The first-order chi connectivity index (χ1) is 12.0. The van der Waals surface area contributed by atoms with Gasteiger partial charge in [-0.05, 0) is 49.9 Å². The largest absolute Gasteiger partial charge is 0.356 e. The summed E-state index contributed by atoms with van der Waals surface area (Å²) in [5, 5.41) is 4.22. The SMILES string of the molecule is CCCN(CCC)c1cc(/C=N/Nc2ccc(C)c(C)c2)[nH]c(=O)n1. The third-order valence-corrected chi connectivity index (χ3v) is 3.97. The van der Waals surface area contributed by atoms with Crippen molar-refractivity contribution in [3.05, 3.63) is 51.6 Å². The monoisotopic (exact) mass is 341 g/mol. The molecule has 0 fully saturated rings. The summed E-state index contributed by atoms with van der Waals surface area (Å²) in [5.74, 6) is 0.695. The summed E-state index contributed by atoms with van der Waals surface area (Å²) in [4.78, 5) is 20.8. The minimum Gasteiger partial charge on any atom is -0.356 e. The van der Waals surface area contributed by atoms with E-state index in [1.165, 1.54) is 11.1 Å². The molecule has 6 heteroatoms. The van der Waals surface area contributed by atoms with Gasteiger partial charge in [0.1, 0.15) is 5.82 Å². The molecule has 0 amide bonds. The number of rotatable bonds is 8. The highest BCUT2D eigenvalue weighted by atomic mass is 16.1. The van der Waals surface area contributed by atoms with Gasteiger partial charge in [0.25, 0.3) is 0 Å². The third kappa shape index (κ3) is 5.45. The normalized spacial score (nSPS) is 11.0. The molecule has 0 radical (unpaired) electrons. The Morgan fingerprint density at radius 2 is 1.88 bits per heavy atom. The molecule has 2 N–H and O–H groups in total. The van der Waals surface area contributed by atoms with Gasteiger partial charge in [-0.25, -0.2) is 4.79 Å². The van der Waals surface area contributed by atoms with Crippen LogP contribution in [0.5, 0.6) is 0 Å². The van der Waals surface area contributed by atoms with Gasteiger partial charge in [0.2, 0.25) is 0 Å². The Hall–Kier alpha value is -2.63. The van der Waals surface area contributed by atoms with Crippen molar-refractivity contribution in [1.29, 1.82) is 0 Å². The number of hydrogen-bond donors (Lipinski definition) is 2. The standard InChI is InChI=1S/C19H27N5O/c1-5-9-24(10-6-2)18-12-17(21-19(25)22-18)13-20-23-16-8-7-14(3)15(4)11-16/h7-8,11-13,23H,5-6,9-10H2,1-4H3,(H,21,22,25)/b20-13+. The van der Waals surface area contributed by atoms with Gasteiger partial charge in [0.15, 0.2) is 0 Å². The van der Waals surface area contributed by atoms with E-state index in [2.05, 4.69) is 53.1 Å². The highest BCUT2D eigenvalue weighted by molar-refractivity contribution is 5.78. The predicted molar refractivity (Wildman–Crippen MR) is 105 cm³/mol. The molecule has 0 atom stereocenters. The summed E-state index contributed by atoms with van der Waals surface area (Å²) in [5.41, 5.74) is 6.62. The molecule has 0 saturated carbocycles. The van der Waals surface area contributed by atoms with Crippen LogP contribution in [0.3, 0.4) is 0 Å². The molecule has 0 unspecified atom stereocenters. The molecule has 134 valence electrons. The van der Waals surface area contributed by atoms with Crippen LogP contribution in [0.25, 0.3) is 0 Å². The van der Waals surface area contributed by atoms with Crippen molar-refractivity contribution in [3.8, 4) is 0 Å². The molecule has 25 heavy (non-hydrogen) atoms. The van der Waals surface area contributed by atoms with Crippen LogP contribution in [0.15, 0.2) is 34.2 Å². The Labute approximate surface area is 149 Å². The zero-order valence-corrected chi connectivity index (χ0v) is 15.5. The first-order valence-electron chi connectivity index (χ1n) is 8.76. The van der Waals surface area contributed by atoms with Crippen LogP contribution < -0.4 is 16.0 Å². The molecule has 1 aromatic heterocycles. The number of aryl methyl sites for hydroxylation is 2. The predicted octanol–water partition coefficient (Wildman–Crippen LogP) is 3.46. The van der Waals surface area contributed by atoms with Crippen LogP contribution in [0.2, 0.25) is 0 Å². The van der Waals surface area contributed by atoms with E-state index < -0.39 is 0 Å². The first kappa shape index (κ1) is 18.7. The van der Waals surface area contributed by atoms with Crippen molar-refractivity contribution >= 4 is 17.7 Å². The van der Waals surface area contributed by atoms with E-state index in [1.54, 1.807) is 6.21 Å². The Balaban J connectivity index is 2.15. The molecule has 0 aliphatic carbocycles. The summed E-state index contributed by atoms with van der Waals surface area (Å²) in [6.07, 6.45) is 3.62. The number of nitrogens with zero attached hydrogens (tertiary/aromatic N) is 3. The average molecular weight is 341 g/mol. The number of aromatic nitrogens is 2. The molecule has 0 aliphatic heterocycles. The molecule has 0 saturated heterocycles. The van der Waals surface area contributed by atoms with Crippen molar-refractivity contribution in [2.45, 2.75) is 40.5 Å². The van der Waals surface area contributed by atoms with Gasteiger partial charge < -0.3 is 9.88 Å². The highest BCUT2D eigenvalue weighted by Gasteiger charge is 2.08. The number of H-pyrrole nitrogens is 1. The lowest BCUT2D eigenvalue weighted by molar-refractivity contribution is 0.730. The lowest BCUT2D eigenvalue weighted by Crippen LogP contribution is -2.28. The summed E-state index contributed by atoms with van der Waals surface area (Å²) in [6, 6.07) is 7.92. The fourth-order valence-corrected chi connectivity index (χ4v) is 2.56. The second kappa shape index (κ2) is 9.01. The van der Waals surface area contributed by atoms with E-state index in [0.717, 1.165) is 31.6 Å². The lowest BCUT2D eigenvalue weighted by Gasteiger charge is -2.22. The van der Waals surface area contributed by atoms with Gasteiger partial charge in [-0.3, -0.25) is 5.43 Å². The lowest BCUT2D eigenvalue weighted by atomic mass is 10.1. The van der Waals surface area contributed by atoms with Crippen molar-refractivity contribution < 1.29 is 0 Å². The van der Waals surface area contributed by atoms with Crippen molar-refractivity contribution in [3.63, 3.8) is 0 Å². The maximum absolute atomic E-state index is 11.9. The minimum atomic E-state index is -0.359. The average Bonchev–Trinajstić information content (AvgIpc) is 2.57. The topological polar surface area (TPSA) is 73.4 Å². The quantitative estimate of drug-likeness (QED) is 0.570. The number of nitrogens with one attached hydrogen (secondary N) is 2. The van der Waals surface area contributed by atoms with Crippen molar-refractivity contribution in [2.75, 3.05) is 23.4 Å². The highest BCUT2D eigenvalue weighted by Crippen LogP contribution is 2.14. The maximum Gasteiger partial charge on any atom is 0.347 e. The van der Waals surface area contributed by atoms with Crippen LogP contribution in [0.4, 0.5) is 11.5 Å². The summed E-state index contributed by atoms with van der Waals surface area (Å²) in [7, 11) is 0. The molecular formula is C19H27N5O. The Morgan fingerprint density at radius 3 is 2.52 bits per heavy atom. The van der Waals surface area contributed by atoms with Crippen LogP contribution in [-0.2, 0) is 0 Å². The Morgan fingerprint density at radius 1 is 1.16 bits per heavy atom. The number of anilines is 2. The van der Waals surface area contributed by atoms with Gasteiger partial charge in [-0.1, -0.05) is 19.9 Å². The van der Waals surface area contributed by atoms with Gasteiger partial charge in [-0.15, -0.1) is 0 Å². The smallest absolute Gasteiger partial charge is 0.347 e. The second-order valence-electron chi connectivity index (χ2n) is 6.16. The van der Waals surface area contributed by atoms with Crippen LogP contribution in [0, 0.1) is 13.8 Å². The van der Waals surface area contributed by atoms with Crippen LogP contribution >= 0.6 is 0 Å². The summed E-state index contributed by atoms with van der Waals surface area (Å²) in [6.45, 7) is 10.1. The zero-order chi connectivity index (χ0) is 18.2. The number of benzene rings is 1. The maximum atomic E-state index is 11.9. The van der Waals surface area contributed by atoms with Crippen LogP contribution in [-0.4, -0.2) is 29.3 Å². The third-order valence-electron chi connectivity index (χ3n) is 3.97. The fourth-order valence-electron chi connectivity index (χ4n) is 2.56. The van der Waals surface area contributed by atoms with Gasteiger partial charge in [0, 0.05) is 19.2 Å². The number of hydrazone groups is 1. The van der Waals surface area contributed by atoms with Crippen molar-refractivity contribution in [2.24, 2.45) is 5.10 Å². The van der Waals surface area contributed by atoms with E-state index in [4.69, 9.17) is 0 Å². The van der Waals surface area contributed by atoms with Gasteiger partial charge in [0.05, 0.1) is 17.6 Å². The van der Waals surface area contributed by atoms with E-state index in [9.17, 15) is 4.79 Å². The molecule has 1 aromatic carbocycles. The number of hydrogen-bond acceptors (Lipinski definition) is 5. The zero-order valence-electron chi connectivity index (χ0n) is 15.5. The minimum absolute atomic E-state index is 0.359. The van der Waals surface area contributed by atoms with E-state index in [-0.39, 0.29) is 5.69 Å². The Kier molecular flexibility index (Phi) is 6.74. The molecule has 0 bridgehead atoms. The van der Waals surface area contributed by atoms with Crippen molar-refractivity contribution in [1.82, 2.24) is 9.97 Å². The van der Waals surface area contributed by atoms with E-state index in [0.29, 0.717) is 11.5 Å². The summed E-state index contributed by atoms with van der Waals surface area (Å²) < 4.78 is 0. The first-order valence-corrected chi connectivity index (χ1v) is 8.76. The van der Waals surface area contributed by atoms with Gasteiger partial charge in [-0.2, -0.15) is 10.1 Å². The molecule has 6 nitrogen and oxygen atoms in total. The van der Waals surface area contributed by atoms with Crippen LogP contribution in [0.1, 0.15) is 43.5 Å². The molecular weight excluding hydrogens is 314 g/mol. The second-order valence-corrected chi connectivity index (χ2v) is 6.16. The number of aromatic amines is 1.